The monoisotopic (exact) mass is 275 g/mol. The highest BCUT2D eigenvalue weighted by atomic mass is 19.4. The van der Waals surface area contributed by atoms with E-state index in [0.717, 1.165) is 13.0 Å². The van der Waals surface area contributed by atoms with Gasteiger partial charge in [-0.1, -0.05) is 0 Å². The van der Waals surface area contributed by atoms with E-state index in [9.17, 15) is 17.6 Å². The number of aryl methyl sites for hydroxylation is 1. The van der Waals surface area contributed by atoms with Crippen LogP contribution in [0.4, 0.5) is 17.6 Å². The number of nitrogens with two attached hydrogens (primary N) is 1. The molecule has 1 unspecified atom stereocenters. The highest BCUT2D eigenvalue weighted by Crippen LogP contribution is 2.37. The van der Waals surface area contributed by atoms with E-state index in [4.69, 9.17) is 5.73 Å². The number of rotatable bonds is 2. The second-order valence-corrected chi connectivity index (χ2v) is 4.51. The predicted molar refractivity (Wildman–Crippen MR) is 63.0 cm³/mol. The molecule has 1 heterocycles. The predicted octanol–water partition coefficient (Wildman–Crippen LogP) is 2.93. The molecule has 1 atom stereocenters. The Morgan fingerprint density at radius 1 is 1.32 bits per heavy atom. The summed E-state index contributed by atoms with van der Waals surface area (Å²) in [5.74, 6) is -0.867. The Balaban J connectivity index is 2.74. The highest BCUT2D eigenvalue weighted by Gasteiger charge is 2.52. The molecule has 7 heteroatoms. The Morgan fingerprint density at radius 2 is 1.95 bits per heavy atom. The first kappa shape index (κ1) is 13.8. The maximum Gasteiger partial charge on any atom is 0.413 e. The third-order valence-corrected chi connectivity index (χ3v) is 3.08. The van der Waals surface area contributed by atoms with Gasteiger partial charge in [0.25, 0.3) is 0 Å². The quantitative estimate of drug-likeness (QED) is 0.856. The first-order valence-corrected chi connectivity index (χ1v) is 5.70. The largest absolute Gasteiger partial charge is 0.413 e. The van der Waals surface area contributed by atoms with Crippen molar-refractivity contribution in [3.05, 3.63) is 29.8 Å². The van der Waals surface area contributed by atoms with E-state index >= 15 is 0 Å². The summed E-state index contributed by atoms with van der Waals surface area (Å²) in [6.45, 7) is 2.80. The number of alkyl halides is 3. The molecular weight excluding hydrogens is 262 g/mol. The maximum absolute atomic E-state index is 13.1. The van der Waals surface area contributed by atoms with E-state index in [1.54, 1.807) is 6.92 Å². The summed E-state index contributed by atoms with van der Waals surface area (Å²) < 4.78 is 53.4. The van der Waals surface area contributed by atoms with Crippen molar-refractivity contribution in [3.8, 4) is 0 Å². The molecule has 0 aliphatic carbocycles. The minimum Gasteiger partial charge on any atom is -0.326 e. The number of halogens is 4. The first-order chi connectivity index (χ1) is 8.68. The lowest BCUT2D eigenvalue weighted by atomic mass is 10.0. The van der Waals surface area contributed by atoms with Crippen molar-refractivity contribution in [1.82, 2.24) is 9.55 Å². The van der Waals surface area contributed by atoms with E-state index in [-0.39, 0.29) is 17.9 Å². The SMILES string of the molecule is CCn1c(C(C)(N)C(F)(F)F)nc2cc(F)ccc21. The summed E-state index contributed by atoms with van der Waals surface area (Å²) in [4.78, 5) is 3.86. The molecule has 1 aromatic heterocycles. The fourth-order valence-corrected chi connectivity index (χ4v) is 1.95. The van der Waals surface area contributed by atoms with Gasteiger partial charge < -0.3 is 10.3 Å². The molecule has 0 aliphatic rings. The average Bonchev–Trinajstić information content (AvgIpc) is 2.65. The number of fused-ring (bicyclic) bond motifs is 1. The molecular formula is C12H13F4N3. The molecule has 2 N–H and O–H groups in total. The fourth-order valence-electron chi connectivity index (χ4n) is 1.95. The van der Waals surface area contributed by atoms with E-state index < -0.39 is 17.5 Å². The topological polar surface area (TPSA) is 43.8 Å². The third kappa shape index (κ3) is 2.07. The number of hydrogen-bond acceptors (Lipinski definition) is 2. The van der Waals surface area contributed by atoms with Crippen LogP contribution in [0.5, 0.6) is 0 Å². The van der Waals surface area contributed by atoms with Crippen molar-refractivity contribution in [2.75, 3.05) is 0 Å². The first-order valence-electron chi connectivity index (χ1n) is 5.70. The number of aromatic nitrogens is 2. The summed E-state index contributed by atoms with van der Waals surface area (Å²) in [5.41, 5.74) is 3.40. The Labute approximate surface area is 107 Å². The average molecular weight is 275 g/mol. The van der Waals surface area contributed by atoms with Crippen LogP contribution in [0, 0.1) is 5.82 Å². The molecule has 0 spiro atoms. The van der Waals surface area contributed by atoms with Gasteiger partial charge in [-0.3, -0.25) is 0 Å². The second-order valence-electron chi connectivity index (χ2n) is 4.51. The molecule has 104 valence electrons. The summed E-state index contributed by atoms with van der Waals surface area (Å²) >= 11 is 0. The summed E-state index contributed by atoms with van der Waals surface area (Å²) in [6.07, 6.45) is -4.64. The Kier molecular flexibility index (Phi) is 3.04. The van der Waals surface area contributed by atoms with Crippen molar-refractivity contribution in [1.29, 1.82) is 0 Å². The highest BCUT2D eigenvalue weighted by molar-refractivity contribution is 5.76. The van der Waals surface area contributed by atoms with Crippen molar-refractivity contribution in [3.63, 3.8) is 0 Å². The van der Waals surface area contributed by atoms with Gasteiger partial charge in [0.1, 0.15) is 11.6 Å². The third-order valence-electron chi connectivity index (χ3n) is 3.08. The molecule has 0 radical (unpaired) electrons. The van der Waals surface area contributed by atoms with Crippen molar-refractivity contribution < 1.29 is 17.6 Å². The molecule has 0 fully saturated rings. The van der Waals surface area contributed by atoms with Crippen LogP contribution < -0.4 is 5.73 Å². The van der Waals surface area contributed by atoms with Crippen LogP contribution in [0.25, 0.3) is 11.0 Å². The number of nitrogens with zero attached hydrogens (tertiary/aromatic N) is 2. The Hall–Kier alpha value is -1.63. The fraction of sp³-hybridized carbons (Fsp3) is 0.417. The molecule has 19 heavy (non-hydrogen) atoms. The van der Waals surface area contributed by atoms with Crippen molar-refractivity contribution >= 4 is 11.0 Å². The van der Waals surface area contributed by atoms with Gasteiger partial charge in [0.05, 0.1) is 11.0 Å². The summed E-state index contributed by atoms with van der Waals surface area (Å²) in [6, 6.07) is 3.68. The molecule has 0 amide bonds. The van der Waals surface area contributed by atoms with Crippen LogP contribution in [-0.4, -0.2) is 15.7 Å². The van der Waals surface area contributed by atoms with Crippen LogP contribution >= 0.6 is 0 Å². The standard InChI is InChI=1S/C12H13F4N3/c1-3-19-9-5-4-7(13)6-8(9)18-10(19)11(2,17)12(14,15)16/h4-6H,3,17H2,1-2H3. The lowest BCUT2D eigenvalue weighted by Crippen LogP contribution is -2.49. The molecule has 2 rings (SSSR count). The van der Waals surface area contributed by atoms with Gasteiger partial charge in [-0.2, -0.15) is 13.2 Å². The second kappa shape index (κ2) is 4.19. The summed E-state index contributed by atoms with van der Waals surface area (Å²) in [5, 5.41) is 0. The Bertz CT molecular complexity index is 613. The molecule has 0 saturated carbocycles. The normalized spacial score (nSPS) is 15.7. The van der Waals surface area contributed by atoms with Gasteiger partial charge in [-0.25, -0.2) is 9.37 Å². The Morgan fingerprint density at radius 3 is 2.47 bits per heavy atom. The van der Waals surface area contributed by atoms with Gasteiger partial charge in [0.2, 0.25) is 0 Å². The molecule has 1 aromatic carbocycles. The smallest absolute Gasteiger partial charge is 0.326 e. The minimum atomic E-state index is -4.64. The van der Waals surface area contributed by atoms with Gasteiger partial charge in [0, 0.05) is 12.6 Å². The lowest BCUT2D eigenvalue weighted by molar-refractivity contribution is -0.186. The van der Waals surface area contributed by atoms with Gasteiger partial charge in [-0.15, -0.1) is 0 Å². The lowest BCUT2D eigenvalue weighted by Gasteiger charge is -2.27. The molecule has 0 bridgehead atoms. The molecule has 0 saturated heterocycles. The zero-order valence-electron chi connectivity index (χ0n) is 10.4. The van der Waals surface area contributed by atoms with Gasteiger partial charge >= 0.3 is 6.18 Å². The van der Waals surface area contributed by atoms with Crippen LogP contribution in [0.1, 0.15) is 19.7 Å². The van der Waals surface area contributed by atoms with E-state index in [0.29, 0.717) is 5.52 Å². The van der Waals surface area contributed by atoms with Crippen LogP contribution in [0.3, 0.4) is 0 Å². The van der Waals surface area contributed by atoms with Crippen molar-refractivity contribution in [2.24, 2.45) is 5.73 Å². The molecule has 3 nitrogen and oxygen atoms in total. The maximum atomic E-state index is 13.1. The van der Waals surface area contributed by atoms with Crippen LogP contribution in [0.15, 0.2) is 18.2 Å². The molecule has 0 aliphatic heterocycles. The van der Waals surface area contributed by atoms with Gasteiger partial charge in [0.15, 0.2) is 5.54 Å². The zero-order valence-corrected chi connectivity index (χ0v) is 10.4. The van der Waals surface area contributed by atoms with Crippen LogP contribution in [-0.2, 0) is 12.1 Å². The van der Waals surface area contributed by atoms with Gasteiger partial charge in [-0.05, 0) is 26.0 Å². The number of imidazole rings is 1. The van der Waals surface area contributed by atoms with E-state index in [1.807, 2.05) is 0 Å². The summed E-state index contributed by atoms with van der Waals surface area (Å²) in [7, 11) is 0. The number of benzene rings is 1. The van der Waals surface area contributed by atoms with E-state index in [2.05, 4.69) is 4.98 Å². The van der Waals surface area contributed by atoms with E-state index in [1.165, 1.54) is 16.7 Å². The minimum absolute atomic E-state index is 0.165. The molecule has 2 aromatic rings. The zero-order chi connectivity index (χ0) is 14.4. The van der Waals surface area contributed by atoms with Crippen LogP contribution in [0.2, 0.25) is 0 Å². The number of hydrogen-bond donors (Lipinski definition) is 1. The van der Waals surface area contributed by atoms with Crippen molar-refractivity contribution in [2.45, 2.75) is 32.1 Å².